The fourth-order valence-electron chi connectivity index (χ4n) is 4.08. The first-order valence-electron chi connectivity index (χ1n) is 12.2. The molecule has 0 saturated carbocycles. The number of pyridine rings is 2. The zero-order valence-corrected chi connectivity index (χ0v) is 21.6. The van der Waals surface area contributed by atoms with Crippen LogP contribution in [-0.2, 0) is 16.1 Å². The number of benzene rings is 2. The minimum Gasteiger partial charge on any atom is -0.486 e. The van der Waals surface area contributed by atoms with Gasteiger partial charge < -0.3 is 24.8 Å². The third-order valence-corrected chi connectivity index (χ3v) is 6.31. The monoisotopic (exact) mass is 541 g/mol. The molecule has 1 saturated heterocycles. The van der Waals surface area contributed by atoms with Crippen molar-refractivity contribution in [3.63, 3.8) is 0 Å². The van der Waals surface area contributed by atoms with E-state index < -0.39 is 5.91 Å². The second-order valence-corrected chi connectivity index (χ2v) is 9.11. The highest BCUT2D eigenvalue weighted by atomic mass is 35.5. The summed E-state index contributed by atoms with van der Waals surface area (Å²) < 4.78 is 17.4. The fourth-order valence-corrected chi connectivity index (χ4v) is 4.31. The molecule has 39 heavy (non-hydrogen) atoms. The third kappa shape index (κ3) is 6.09. The number of amides is 1. The number of carbonyl (C=O) groups is 1. The minimum atomic E-state index is -0.395. The predicted molar refractivity (Wildman–Crippen MR) is 148 cm³/mol. The van der Waals surface area contributed by atoms with E-state index in [-0.39, 0.29) is 12.7 Å². The molecule has 2 aromatic heterocycles. The van der Waals surface area contributed by atoms with E-state index in [2.05, 4.69) is 33.2 Å². The molecule has 9 nitrogen and oxygen atoms in total. The molecule has 4 aromatic rings. The Morgan fingerprint density at radius 1 is 1.23 bits per heavy atom. The number of rotatable bonds is 9. The lowest BCUT2D eigenvalue weighted by Gasteiger charge is -2.18. The molecular weight excluding hydrogens is 518 g/mol. The Kier molecular flexibility index (Phi) is 7.87. The van der Waals surface area contributed by atoms with Crippen LogP contribution in [-0.4, -0.2) is 35.2 Å². The van der Waals surface area contributed by atoms with Gasteiger partial charge in [0, 0.05) is 36.0 Å². The van der Waals surface area contributed by atoms with E-state index in [9.17, 15) is 10.1 Å². The van der Waals surface area contributed by atoms with Gasteiger partial charge in [-0.25, -0.2) is 0 Å². The largest absolute Gasteiger partial charge is 0.486 e. The summed E-state index contributed by atoms with van der Waals surface area (Å²) in [7, 11) is 0. The van der Waals surface area contributed by atoms with Crippen LogP contribution in [0.5, 0.6) is 11.5 Å². The van der Waals surface area contributed by atoms with E-state index >= 15 is 0 Å². The van der Waals surface area contributed by atoms with E-state index in [1.807, 2.05) is 18.2 Å². The number of carbonyl (C=O) groups excluding carboxylic acids is 1. The normalized spacial score (nSPS) is 14.4. The van der Waals surface area contributed by atoms with Gasteiger partial charge in [0.25, 0.3) is 0 Å². The maximum absolute atomic E-state index is 12.2. The zero-order valence-electron chi connectivity index (χ0n) is 20.8. The highest BCUT2D eigenvalue weighted by molar-refractivity contribution is 6.32. The van der Waals surface area contributed by atoms with Crippen LogP contribution in [0.3, 0.4) is 0 Å². The van der Waals surface area contributed by atoms with E-state index in [0.717, 1.165) is 12.1 Å². The van der Waals surface area contributed by atoms with Crippen molar-refractivity contribution < 1.29 is 19.0 Å². The third-order valence-electron chi connectivity index (χ3n) is 6.02. The summed E-state index contributed by atoms with van der Waals surface area (Å²) in [4.78, 5) is 20.9. The van der Waals surface area contributed by atoms with Gasteiger partial charge in [-0.3, -0.25) is 14.8 Å². The van der Waals surface area contributed by atoms with Crippen molar-refractivity contribution in [2.24, 2.45) is 0 Å². The second-order valence-electron chi connectivity index (χ2n) is 8.70. The lowest BCUT2D eigenvalue weighted by Crippen LogP contribution is -2.18. The van der Waals surface area contributed by atoms with Gasteiger partial charge in [0.2, 0.25) is 5.91 Å². The number of halogens is 1. The number of anilines is 3. The molecule has 1 fully saturated rings. The summed E-state index contributed by atoms with van der Waals surface area (Å²) in [5, 5.41) is 16.9. The van der Waals surface area contributed by atoms with Crippen molar-refractivity contribution in [3.05, 3.63) is 89.9 Å². The number of nitrogens with zero attached hydrogens (tertiary/aromatic N) is 3. The van der Waals surface area contributed by atoms with E-state index in [1.54, 1.807) is 36.5 Å². The first kappa shape index (κ1) is 26.0. The molecule has 0 spiro atoms. The number of hydrogen-bond donors (Lipinski definition) is 2. The number of nitriles is 1. The summed E-state index contributed by atoms with van der Waals surface area (Å²) in [6.07, 6.45) is 4.96. The topological polar surface area (TPSA) is 118 Å². The number of hydrogen-bond acceptors (Lipinski definition) is 8. The highest BCUT2D eigenvalue weighted by Crippen LogP contribution is 2.38. The lowest BCUT2D eigenvalue weighted by molar-refractivity contribution is -0.111. The van der Waals surface area contributed by atoms with Crippen molar-refractivity contribution in [1.82, 2.24) is 9.97 Å². The first-order valence-corrected chi connectivity index (χ1v) is 12.6. The van der Waals surface area contributed by atoms with Crippen molar-refractivity contribution in [2.45, 2.75) is 19.1 Å². The Hall–Kier alpha value is -4.65. The number of nitrogens with one attached hydrogen (secondary N) is 2. The standard InChI is InChI=1S/C29H24ClN5O4/c1-2-28(36)35-25-12-22-24(13-27(25)39-21-8-10-37-17-21)33-15-18(14-31)29(22)34-19-6-7-26(23(30)11-19)38-16-20-5-3-4-9-32-20/h2-7,9,11-13,15,21H,1,8,10,16-17H2,(H,33,34)(H,35,36). The van der Waals surface area contributed by atoms with Crippen LogP contribution in [0, 0.1) is 11.3 Å². The number of aromatic nitrogens is 2. The van der Waals surface area contributed by atoms with Gasteiger partial charge in [-0.15, -0.1) is 0 Å². The molecule has 2 N–H and O–H groups in total. The number of ether oxygens (including phenoxy) is 3. The molecule has 0 bridgehead atoms. The van der Waals surface area contributed by atoms with Crippen LogP contribution < -0.4 is 20.1 Å². The first-order chi connectivity index (χ1) is 19.0. The Morgan fingerprint density at radius 2 is 2.13 bits per heavy atom. The van der Waals surface area contributed by atoms with E-state index in [4.69, 9.17) is 25.8 Å². The van der Waals surface area contributed by atoms with Crippen LogP contribution in [0.2, 0.25) is 5.02 Å². The molecule has 2 aromatic carbocycles. The number of fused-ring (bicyclic) bond motifs is 1. The molecule has 1 atom stereocenters. The second kappa shape index (κ2) is 11.8. The Labute approximate surface area is 230 Å². The van der Waals surface area contributed by atoms with E-state index in [1.165, 1.54) is 12.3 Å². The highest BCUT2D eigenvalue weighted by Gasteiger charge is 2.21. The van der Waals surface area contributed by atoms with Crippen LogP contribution >= 0.6 is 11.6 Å². The molecule has 10 heteroatoms. The van der Waals surface area contributed by atoms with Gasteiger partial charge >= 0.3 is 0 Å². The smallest absolute Gasteiger partial charge is 0.247 e. The van der Waals surface area contributed by atoms with Gasteiger partial charge in [0.1, 0.15) is 30.3 Å². The summed E-state index contributed by atoms with van der Waals surface area (Å²) in [6, 6.07) is 16.5. The van der Waals surface area contributed by atoms with Gasteiger partial charge in [0.15, 0.2) is 0 Å². The van der Waals surface area contributed by atoms with Crippen LogP contribution in [0.15, 0.2) is 73.6 Å². The summed E-state index contributed by atoms with van der Waals surface area (Å²) in [6.45, 7) is 4.88. The fraction of sp³-hybridized carbons (Fsp3) is 0.172. The molecule has 0 radical (unpaired) electrons. The van der Waals surface area contributed by atoms with Crippen molar-refractivity contribution in [1.29, 1.82) is 5.26 Å². The van der Waals surface area contributed by atoms with Crippen molar-refractivity contribution >= 4 is 45.5 Å². The van der Waals surface area contributed by atoms with E-state index in [0.29, 0.717) is 63.3 Å². The van der Waals surface area contributed by atoms with Crippen LogP contribution in [0.4, 0.5) is 17.1 Å². The van der Waals surface area contributed by atoms with Gasteiger partial charge in [-0.2, -0.15) is 5.26 Å². The Bertz CT molecular complexity index is 1570. The maximum Gasteiger partial charge on any atom is 0.247 e. The molecule has 3 heterocycles. The maximum atomic E-state index is 12.2. The Balaban J connectivity index is 1.47. The average Bonchev–Trinajstić information content (AvgIpc) is 3.47. The molecular formula is C29H24ClN5O4. The molecule has 1 unspecified atom stereocenters. The predicted octanol–water partition coefficient (Wildman–Crippen LogP) is 5.77. The SMILES string of the molecule is C=CC(=O)Nc1cc2c(Nc3ccc(OCc4ccccn4)c(Cl)c3)c(C#N)cnc2cc1OC1CCOC1. The zero-order chi connectivity index (χ0) is 27.2. The van der Waals surface area contributed by atoms with Gasteiger partial charge in [0.05, 0.1) is 46.4 Å². The molecule has 196 valence electrons. The summed E-state index contributed by atoms with van der Waals surface area (Å²) >= 11 is 6.51. The molecule has 1 aliphatic heterocycles. The molecule has 0 aliphatic carbocycles. The molecule has 5 rings (SSSR count). The average molecular weight is 542 g/mol. The van der Waals surface area contributed by atoms with Crippen LogP contribution in [0.25, 0.3) is 10.9 Å². The lowest BCUT2D eigenvalue weighted by atomic mass is 10.1. The Morgan fingerprint density at radius 3 is 2.85 bits per heavy atom. The molecule has 1 aliphatic rings. The van der Waals surface area contributed by atoms with Crippen molar-refractivity contribution in [2.75, 3.05) is 23.8 Å². The molecule has 1 amide bonds. The minimum absolute atomic E-state index is 0.140. The van der Waals surface area contributed by atoms with Gasteiger partial charge in [-0.1, -0.05) is 24.2 Å². The summed E-state index contributed by atoms with van der Waals surface area (Å²) in [5.74, 6) is 0.558. The van der Waals surface area contributed by atoms with Crippen LogP contribution in [0.1, 0.15) is 17.7 Å². The quantitative estimate of drug-likeness (QED) is 0.256. The van der Waals surface area contributed by atoms with Crippen molar-refractivity contribution in [3.8, 4) is 17.6 Å². The summed E-state index contributed by atoms with van der Waals surface area (Å²) in [5.41, 5.74) is 3.23. The van der Waals surface area contributed by atoms with Gasteiger partial charge in [-0.05, 0) is 42.5 Å².